The number of fused-ring (bicyclic) bond motifs is 1. The monoisotopic (exact) mass is 485 g/mol. The maximum Gasteiger partial charge on any atom is 0.249 e. The van der Waals surface area contributed by atoms with Gasteiger partial charge in [-0.15, -0.1) is 11.3 Å². The van der Waals surface area contributed by atoms with Crippen molar-refractivity contribution in [1.82, 2.24) is 10.3 Å². The minimum Gasteiger partial charge on any atom is -0.393 e. The summed E-state index contributed by atoms with van der Waals surface area (Å²) in [5.74, 6) is -0.323. The number of nitrogens with two attached hydrogens (primary N) is 1. The Morgan fingerprint density at radius 1 is 1.17 bits per heavy atom. The quantitative estimate of drug-likeness (QED) is 0.321. The maximum atomic E-state index is 11.8. The van der Waals surface area contributed by atoms with Gasteiger partial charge in [-0.05, 0) is 79.3 Å². The molecule has 2 heterocycles. The summed E-state index contributed by atoms with van der Waals surface area (Å²) in [6.07, 6.45) is 2.65. The summed E-state index contributed by atoms with van der Waals surface area (Å²) in [4.78, 5) is 19.2. The molecule has 4 aromatic rings. The molecule has 6 heteroatoms. The van der Waals surface area contributed by atoms with E-state index >= 15 is 0 Å². The van der Waals surface area contributed by atoms with Crippen LogP contribution < -0.4 is 11.1 Å². The number of aliphatic hydroxyl groups is 1. The van der Waals surface area contributed by atoms with Crippen molar-refractivity contribution >= 4 is 28.1 Å². The highest BCUT2D eigenvalue weighted by atomic mass is 32.1. The predicted molar refractivity (Wildman–Crippen MR) is 143 cm³/mol. The van der Waals surface area contributed by atoms with E-state index in [4.69, 9.17) is 10.7 Å². The molecule has 1 saturated carbocycles. The Morgan fingerprint density at radius 3 is 2.80 bits per heavy atom. The van der Waals surface area contributed by atoms with Gasteiger partial charge < -0.3 is 16.2 Å². The number of nitrogens with zero attached hydrogens (tertiary/aromatic N) is 1. The Balaban J connectivity index is 1.35. The standard InChI is InChI=1S/C29H31N3O2S/c1-17-12-20-6-10-26(32-27(20)15-25(17)29(30)34)18(2)19-4-3-5-21(13-19)28-11-9-24(35-28)16-31-22-7-8-23(33)14-22/h3-6,9-13,15,18,22-23,31,33H,7-8,14,16H2,1-2H3,(H2,30,34)/t18-,22+,23-/m1/s1. The molecular weight excluding hydrogens is 454 g/mol. The summed E-state index contributed by atoms with van der Waals surface area (Å²) in [6, 6.07) is 21.4. The van der Waals surface area contributed by atoms with Gasteiger partial charge in [0.05, 0.1) is 11.6 Å². The molecule has 0 spiro atoms. The number of hydrogen-bond donors (Lipinski definition) is 3. The fraction of sp³-hybridized carbons (Fsp3) is 0.310. The number of pyridine rings is 1. The summed E-state index contributed by atoms with van der Waals surface area (Å²) in [7, 11) is 0. The maximum absolute atomic E-state index is 11.8. The lowest BCUT2D eigenvalue weighted by Crippen LogP contribution is -2.25. The lowest BCUT2D eigenvalue weighted by molar-refractivity contribution is 0.1000. The first kappa shape index (κ1) is 23.7. The summed E-state index contributed by atoms with van der Waals surface area (Å²) < 4.78 is 0. The van der Waals surface area contributed by atoms with Gasteiger partial charge >= 0.3 is 0 Å². The van der Waals surface area contributed by atoms with Crippen molar-refractivity contribution in [2.45, 2.75) is 57.7 Å². The van der Waals surface area contributed by atoms with E-state index < -0.39 is 5.91 Å². The first-order valence-electron chi connectivity index (χ1n) is 12.2. The van der Waals surface area contributed by atoms with Crippen molar-refractivity contribution < 1.29 is 9.90 Å². The SMILES string of the molecule is Cc1cc2ccc([C@H](C)c3cccc(-c4ccc(CN[C@H]5CC[C@@H](O)C5)s4)c3)nc2cc1C(N)=O. The van der Waals surface area contributed by atoms with Gasteiger partial charge in [0.25, 0.3) is 0 Å². The average molecular weight is 486 g/mol. The van der Waals surface area contributed by atoms with Gasteiger partial charge in [-0.2, -0.15) is 0 Å². The van der Waals surface area contributed by atoms with Gasteiger partial charge in [-0.3, -0.25) is 9.78 Å². The average Bonchev–Trinajstić information content (AvgIpc) is 3.50. The number of rotatable bonds is 7. The molecule has 2 aromatic heterocycles. The molecule has 0 unspecified atom stereocenters. The van der Waals surface area contributed by atoms with Gasteiger partial charge in [-0.1, -0.05) is 31.2 Å². The second-order valence-corrected chi connectivity index (χ2v) is 10.8. The van der Waals surface area contributed by atoms with Crippen LogP contribution in [0.2, 0.25) is 0 Å². The molecule has 0 bridgehead atoms. The number of hydrogen-bond acceptors (Lipinski definition) is 5. The topological polar surface area (TPSA) is 88.2 Å². The van der Waals surface area contributed by atoms with Crippen molar-refractivity contribution in [3.8, 4) is 10.4 Å². The lowest BCUT2D eigenvalue weighted by Gasteiger charge is -2.14. The highest BCUT2D eigenvalue weighted by Gasteiger charge is 2.22. The van der Waals surface area contributed by atoms with Crippen LogP contribution in [-0.2, 0) is 6.54 Å². The molecule has 35 heavy (non-hydrogen) atoms. The molecule has 180 valence electrons. The lowest BCUT2D eigenvalue weighted by atomic mass is 9.94. The van der Waals surface area contributed by atoms with Gasteiger partial charge in [0.1, 0.15) is 0 Å². The van der Waals surface area contributed by atoms with E-state index in [0.717, 1.165) is 48.0 Å². The Kier molecular flexibility index (Phi) is 6.69. The molecule has 1 aliphatic carbocycles. The van der Waals surface area contributed by atoms with Gasteiger partial charge in [-0.25, -0.2) is 0 Å². The van der Waals surface area contributed by atoms with Crippen LogP contribution in [-0.4, -0.2) is 28.1 Å². The molecule has 1 aliphatic rings. The molecule has 4 N–H and O–H groups in total. The van der Waals surface area contributed by atoms with Gasteiger partial charge in [0.2, 0.25) is 5.91 Å². The van der Waals surface area contributed by atoms with E-state index in [0.29, 0.717) is 11.6 Å². The van der Waals surface area contributed by atoms with Crippen LogP contribution in [0.15, 0.2) is 60.7 Å². The van der Waals surface area contributed by atoms with Crippen LogP contribution in [0.5, 0.6) is 0 Å². The molecular formula is C29H31N3O2S. The Hall–Kier alpha value is -3.06. The number of carbonyl (C=O) groups excluding carboxylic acids is 1. The number of carbonyl (C=O) groups is 1. The minimum absolute atomic E-state index is 0.104. The highest BCUT2D eigenvalue weighted by molar-refractivity contribution is 7.15. The van der Waals surface area contributed by atoms with Crippen LogP contribution in [0.4, 0.5) is 0 Å². The number of amides is 1. The summed E-state index contributed by atoms with van der Waals surface area (Å²) in [6.45, 7) is 4.90. The normalized spacial score (nSPS) is 18.7. The molecule has 2 aromatic carbocycles. The number of aromatic nitrogens is 1. The third kappa shape index (κ3) is 5.15. The van der Waals surface area contributed by atoms with Crippen LogP contribution >= 0.6 is 11.3 Å². The molecule has 1 fully saturated rings. The van der Waals surface area contributed by atoms with E-state index in [9.17, 15) is 9.90 Å². The number of aryl methyl sites for hydroxylation is 1. The van der Waals surface area contributed by atoms with E-state index in [1.807, 2.05) is 24.3 Å². The van der Waals surface area contributed by atoms with E-state index in [2.05, 4.69) is 60.8 Å². The molecule has 0 aliphatic heterocycles. The number of nitrogens with one attached hydrogen (secondary N) is 1. The first-order valence-corrected chi connectivity index (χ1v) is 13.0. The second kappa shape index (κ2) is 9.90. The van der Waals surface area contributed by atoms with Crippen molar-refractivity contribution in [2.75, 3.05) is 0 Å². The number of aliphatic hydroxyl groups excluding tert-OH is 1. The van der Waals surface area contributed by atoms with E-state index in [-0.39, 0.29) is 12.0 Å². The molecule has 1 amide bonds. The zero-order valence-electron chi connectivity index (χ0n) is 20.1. The first-order chi connectivity index (χ1) is 16.9. The van der Waals surface area contributed by atoms with Crippen molar-refractivity contribution in [1.29, 1.82) is 0 Å². The van der Waals surface area contributed by atoms with Crippen molar-refractivity contribution in [3.05, 3.63) is 87.9 Å². The van der Waals surface area contributed by atoms with Gasteiger partial charge in [0, 0.05) is 44.9 Å². The molecule has 0 saturated heterocycles. The van der Waals surface area contributed by atoms with Crippen LogP contribution in [0, 0.1) is 6.92 Å². The van der Waals surface area contributed by atoms with Crippen molar-refractivity contribution in [2.24, 2.45) is 5.73 Å². The summed E-state index contributed by atoms with van der Waals surface area (Å²) in [5, 5.41) is 14.3. The summed E-state index contributed by atoms with van der Waals surface area (Å²) >= 11 is 1.81. The zero-order valence-corrected chi connectivity index (χ0v) is 20.9. The number of benzene rings is 2. The second-order valence-electron chi connectivity index (χ2n) is 9.62. The molecule has 0 radical (unpaired) electrons. The fourth-order valence-electron chi connectivity index (χ4n) is 4.96. The summed E-state index contributed by atoms with van der Waals surface area (Å²) in [5.41, 5.74) is 11.1. The highest BCUT2D eigenvalue weighted by Crippen LogP contribution is 2.33. The molecule has 3 atom stereocenters. The Labute approximate surface area is 210 Å². The largest absolute Gasteiger partial charge is 0.393 e. The van der Waals surface area contributed by atoms with Crippen LogP contribution in [0.1, 0.15) is 64.2 Å². The van der Waals surface area contributed by atoms with Crippen molar-refractivity contribution in [3.63, 3.8) is 0 Å². The smallest absolute Gasteiger partial charge is 0.249 e. The third-order valence-corrected chi connectivity index (χ3v) is 8.20. The Bertz CT molecular complexity index is 1380. The molecule has 5 nitrogen and oxygen atoms in total. The zero-order chi connectivity index (χ0) is 24.5. The Morgan fingerprint density at radius 2 is 2.03 bits per heavy atom. The van der Waals surface area contributed by atoms with Gasteiger partial charge in [0.15, 0.2) is 0 Å². The predicted octanol–water partition coefficient (Wildman–Crippen LogP) is 5.53. The number of thiophene rings is 1. The number of primary amides is 1. The third-order valence-electron chi connectivity index (χ3n) is 7.07. The molecule has 5 rings (SSSR count). The van der Waals surface area contributed by atoms with E-state index in [1.54, 1.807) is 6.07 Å². The van der Waals surface area contributed by atoms with Crippen LogP contribution in [0.25, 0.3) is 21.3 Å². The van der Waals surface area contributed by atoms with E-state index in [1.165, 1.54) is 20.9 Å². The fourth-order valence-corrected chi connectivity index (χ4v) is 5.91. The van der Waals surface area contributed by atoms with Crippen LogP contribution in [0.3, 0.4) is 0 Å². The minimum atomic E-state index is -0.427.